The van der Waals surface area contributed by atoms with Gasteiger partial charge in [0.15, 0.2) is 11.6 Å². The van der Waals surface area contributed by atoms with Crippen molar-refractivity contribution < 1.29 is 13.6 Å². The van der Waals surface area contributed by atoms with Crippen LogP contribution in [0, 0.1) is 11.6 Å². The number of hydrogen-bond acceptors (Lipinski definition) is 3. The number of rotatable bonds is 5. The Hall–Kier alpha value is -1.40. The molecule has 2 N–H and O–H groups in total. The highest BCUT2D eigenvalue weighted by Crippen LogP contribution is 2.20. The molecule has 1 aliphatic rings. The molecule has 0 atom stereocenters. The van der Waals surface area contributed by atoms with E-state index in [1.54, 1.807) is 0 Å². The van der Waals surface area contributed by atoms with Crippen LogP contribution in [0.5, 0.6) is 0 Å². The number of carbonyl (C=O) groups is 1. The normalized spacial score (nSPS) is 14.8. The van der Waals surface area contributed by atoms with Gasteiger partial charge in [0.05, 0.1) is 5.75 Å². The Balaban J connectivity index is 1.74. The van der Waals surface area contributed by atoms with Crippen LogP contribution >= 0.6 is 11.8 Å². The van der Waals surface area contributed by atoms with E-state index in [1.807, 2.05) is 0 Å². The Kier molecular flexibility index (Phi) is 5.55. The molecule has 1 amide bonds. The van der Waals surface area contributed by atoms with Gasteiger partial charge in [-0.2, -0.15) is 0 Å². The fraction of sp³-hybridized carbons (Fsp3) is 0.357. The molecule has 0 aromatic heterocycles. The van der Waals surface area contributed by atoms with Crippen molar-refractivity contribution in [1.82, 2.24) is 10.6 Å². The second-order valence-electron chi connectivity index (χ2n) is 4.46. The minimum absolute atomic E-state index is 0.112. The Bertz CT molecular complexity index is 520. The third-order valence-electron chi connectivity index (χ3n) is 2.93. The summed E-state index contributed by atoms with van der Waals surface area (Å²) in [5.41, 5.74) is 1.22. The lowest BCUT2D eigenvalue weighted by molar-refractivity contribution is -0.118. The number of thioether (sulfide) groups is 1. The van der Waals surface area contributed by atoms with Crippen molar-refractivity contribution in [2.45, 2.75) is 11.3 Å². The van der Waals surface area contributed by atoms with Crippen LogP contribution in [0.2, 0.25) is 0 Å². The molecule has 0 bridgehead atoms. The summed E-state index contributed by atoms with van der Waals surface area (Å²) in [4.78, 5) is 12.2. The first-order chi connectivity index (χ1) is 9.65. The maximum absolute atomic E-state index is 13.0. The quantitative estimate of drug-likeness (QED) is 0.646. The van der Waals surface area contributed by atoms with Crippen molar-refractivity contribution in [3.8, 4) is 0 Å². The average molecular weight is 298 g/mol. The molecule has 0 radical (unpaired) electrons. The van der Waals surface area contributed by atoms with Gasteiger partial charge in [0.25, 0.3) is 0 Å². The number of nitrogens with one attached hydrogen (secondary N) is 2. The molecule has 3 nitrogen and oxygen atoms in total. The van der Waals surface area contributed by atoms with E-state index in [-0.39, 0.29) is 11.7 Å². The summed E-state index contributed by atoms with van der Waals surface area (Å²) in [5, 5.41) is 6.02. The molecule has 108 valence electrons. The molecule has 0 saturated heterocycles. The molecule has 0 spiro atoms. The van der Waals surface area contributed by atoms with Crippen molar-refractivity contribution >= 4 is 17.7 Å². The highest BCUT2D eigenvalue weighted by molar-refractivity contribution is 8.00. The maximum Gasteiger partial charge on any atom is 0.230 e. The van der Waals surface area contributed by atoms with Crippen LogP contribution in [0.25, 0.3) is 0 Å². The van der Waals surface area contributed by atoms with Crippen LogP contribution in [0.3, 0.4) is 0 Å². The lowest BCUT2D eigenvalue weighted by Gasteiger charge is -2.14. The molecule has 0 unspecified atom stereocenters. The Labute approximate surface area is 120 Å². The molecule has 0 aliphatic carbocycles. The van der Waals surface area contributed by atoms with Gasteiger partial charge in [-0.05, 0) is 31.2 Å². The van der Waals surface area contributed by atoms with Crippen molar-refractivity contribution in [3.63, 3.8) is 0 Å². The van der Waals surface area contributed by atoms with Crippen molar-refractivity contribution in [2.75, 3.05) is 25.4 Å². The van der Waals surface area contributed by atoms with Gasteiger partial charge in [-0.25, -0.2) is 8.78 Å². The van der Waals surface area contributed by atoms with Crippen molar-refractivity contribution in [1.29, 1.82) is 0 Å². The number of halogens is 2. The molecule has 20 heavy (non-hydrogen) atoms. The summed E-state index contributed by atoms with van der Waals surface area (Å²) in [6.45, 7) is 2.33. The summed E-state index contributed by atoms with van der Waals surface area (Å²) in [6, 6.07) is 3.63. The van der Waals surface area contributed by atoms with Crippen LogP contribution in [0.4, 0.5) is 8.78 Å². The predicted octanol–water partition coefficient (Wildman–Crippen LogP) is 2.09. The smallest absolute Gasteiger partial charge is 0.230 e. The molecule has 1 aliphatic heterocycles. The van der Waals surface area contributed by atoms with Crippen LogP contribution < -0.4 is 10.6 Å². The van der Waals surface area contributed by atoms with Gasteiger partial charge in [0, 0.05) is 18.0 Å². The zero-order chi connectivity index (χ0) is 14.4. The van der Waals surface area contributed by atoms with E-state index in [0.717, 1.165) is 31.6 Å². The second kappa shape index (κ2) is 7.40. The third kappa shape index (κ3) is 4.61. The summed E-state index contributed by atoms with van der Waals surface area (Å²) in [7, 11) is 0. The third-order valence-corrected chi connectivity index (χ3v) is 3.93. The van der Waals surface area contributed by atoms with E-state index in [2.05, 4.69) is 16.7 Å². The van der Waals surface area contributed by atoms with E-state index in [4.69, 9.17) is 0 Å². The number of amides is 1. The molecular formula is C14H16F2N2OS. The SMILES string of the molecule is O=C(CSc1ccc(F)c(F)c1)NCC1=CCNCC1. The minimum atomic E-state index is -0.893. The lowest BCUT2D eigenvalue weighted by atomic mass is 10.1. The van der Waals surface area contributed by atoms with Gasteiger partial charge >= 0.3 is 0 Å². The Morgan fingerprint density at radius 2 is 2.20 bits per heavy atom. The van der Waals surface area contributed by atoms with E-state index >= 15 is 0 Å². The second-order valence-corrected chi connectivity index (χ2v) is 5.51. The van der Waals surface area contributed by atoms with Crippen molar-refractivity contribution in [3.05, 3.63) is 41.5 Å². The van der Waals surface area contributed by atoms with Crippen LogP contribution in [-0.2, 0) is 4.79 Å². The zero-order valence-electron chi connectivity index (χ0n) is 10.9. The fourth-order valence-corrected chi connectivity index (χ4v) is 2.56. The van der Waals surface area contributed by atoms with Crippen LogP contribution in [0.15, 0.2) is 34.7 Å². The van der Waals surface area contributed by atoms with Crippen molar-refractivity contribution in [2.24, 2.45) is 0 Å². The molecule has 0 fully saturated rings. The van der Waals surface area contributed by atoms with E-state index in [1.165, 1.54) is 23.4 Å². The first-order valence-electron chi connectivity index (χ1n) is 6.38. The monoisotopic (exact) mass is 298 g/mol. The highest BCUT2D eigenvalue weighted by atomic mass is 32.2. The first-order valence-corrected chi connectivity index (χ1v) is 7.37. The number of benzene rings is 1. The fourth-order valence-electron chi connectivity index (χ4n) is 1.81. The first kappa shape index (κ1) is 15.0. The van der Waals surface area contributed by atoms with Gasteiger partial charge in [0.1, 0.15) is 0 Å². The van der Waals surface area contributed by atoms with E-state index < -0.39 is 11.6 Å². The van der Waals surface area contributed by atoms with Crippen LogP contribution in [-0.4, -0.2) is 31.3 Å². The van der Waals surface area contributed by atoms with Gasteiger partial charge in [0.2, 0.25) is 5.91 Å². The summed E-state index contributed by atoms with van der Waals surface area (Å²) in [6.07, 6.45) is 3.02. The molecule has 2 rings (SSSR count). The zero-order valence-corrected chi connectivity index (χ0v) is 11.7. The molecular weight excluding hydrogens is 282 g/mol. The average Bonchev–Trinajstić information content (AvgIpc) is 2.47. The lowest BCUT2D eigenvalue weighted by Crippen LogP contribution is -2.30. The summed E-state index contributed by atoms with van der Waals surface area (Å²) in [5.74, 6) is -1.69. The predicted molar refractivity (Wildman–Crippen MR) is 75.7 cm³/mol. The molecule has 6 heteroatoms. The Morgan fingerprint density at radius 3 is 2.90 bits per heavy atom. The van der Waals surface area contributed by atoms with Gasteiger partial charge in [-0.1, -0.05) is 11.6 Å². The van der Waals surface area contributed by atoms with E-state index in [0.29, 0.717) is 11.4 Å². The maximum atomic E-state index is 13.0. The summed E-state index contributed by atoms with van der Waals surface area (Å²) >= 11 is 1.19. The van der Waals surface area contributed by atoms with E-state index in [9.17, 15) is 13.6 Å². The standard InChI is InChI=1S/C14H16F2N2OS/c15-12-2-1-11(7-13(12)16)20-9-14(19)18-8-10-3-5-17-6-4-10/h1-3,7,17H,4-6,8-9H2,(H,18,19). The largest absolute Gasteiger partial charge is 0.352 e. The molecule has 1 heterocycles. The van der Waals surface area contributed by atoms with Gasteiger partial charge < -0.3 is 10.6 Å². The Morgan fingerprint density at radius 1 is 1.35 bits per heavy atom. The molecule has 0 saturated carbocycles. The number of hydrogen-bond donors (Lipinski definition) is 2. The summed E-state index contributed by atoms with van der Waals surface area (Å²) < 4.78 is 25.7. The topological polar surface area (TPSA) is 41.1 Å². The molecule has 1 aromatic carbocycles. The number of carbonyl (C=O) groups excluding carboxylic acids is 1. The minimum Gasteiger partial charge on any atom is -0.352 e. The van der Waals surface area contributed by atoms with Gasteiger partial charge in [-0.15, -0.1) is 11.8 Å². The van der Waals surface area contributed by atoms with Gasteiger partial charge in [-0.3, -0.25) is 4.79 Å². The van der Waals surface area contributed by atoms with Crippen LogP contribution in [0.1, 0.15) is 6.42 Å². The molecule has 1 aromatic rings. The highest BCUT2D eigenvalue weighted by Gasteiger charge is 2.08.